The zero-order valence-corrected chi connectivity index (χ0v) is 14.2. The van der Waals surface area contributed by atoms with E-state index in [0.29, 0.717) is 26.1 Å². The summed E-state index contributed by atoms with van der Waals surface area (Å²) >= 11 is 0. The minimum atomic E-state index is -0.629. The molecule has 2 heterocycles. The Balaban J connectivity index is 1.43. The van der Waals surface area contributed by atoms with Gasteiger partial charge in [-0.05, 0) is 12.1 Å². The van der Waals surface area contributed by atoms with Crippen molar-refractivity contribution in [2.45, 2.75) is 24.9 Å². The van der Waals surface area contributed by atoms with Crippen LogP contribution in [0, 0.1) is 0 Å². The fourth-order valence-corrected chi connectivity index (χ4v) is 3.43. The topological polar surface area (TPSA) is 76.7 Å². The summed E-state index contributed by atoms with van der Waals surface area (Å²) in [4.78, 5) is 24.8. The van der Waals surface area contributed by atoms with Gasteiger partial charge in [0.15, 0.2) is 0 Å². The molecule has 0 aliphatic carbocycles. The van der Waals surface area contributed by atoms with Crippen molar-refractivity contribution in [3.05, 3.63) is 59.7 Å². The number of amides is 2. The monoisotopic (exact) mass is 352 g/mol. The third kappa shape index (κ3) is 3.22. The maximum absolute atomic E-state index is 12.4. The molecule has 2 aromatic rings. The van der Waals surface area contributed by atoms with Crippen LogP contribution >= 0.6 is 0 Å². The van der Waals surface area contributed by atoms with Gasteiger partial charge in [-0.2, -0.15) is 0 Å². The summed E-state index contributed by atoms with van der Waals surface area (Å²) in [6.07, 6.45) is 1.27. The van der Waals surface area contributed by atoms with Gasteiger partial charge in [0.05, 0.1) is 25.3 Å². The number of hydrogen-bond acceptors (Lipinski definition) is 4. The van der Waals surface area contributed by atoms with E-state index >= 15 is 0 Å². The lowest BCUT2D eigenvalue weighted by atomic mass is 10.00. The second kappa shape index (κ2) is 7.07. The molecule has 0 fully saturated rings. The molecule has 2 aromatic carbocycles. The van der Waals surface area contributed by atoms with E-state index < -0.39 is 11.8 Å². The van der Waals surface area contributed by atoms with Gasteiger partial charge in [0.2, 0.25) is 0 Å². The quantitative estimate of drug-likeness (QED) is 0.813. The van der Waals surface area contributed by atoms with Crippen molar-refractivity contribution in [2.75, 3.05) is 13.2 Å². The highest BCUT2D eigenvalue weighted by molar-refractivity contribution is 6.35. The number of carbonyl (C=O) groups is 2. The molecule has 2 atom stereocenters. The maximum Gasteiger partial charge on any atom is 0.309 e. The number of benzene rings is 2. The van der Waals surface area contributed by atoms with E-state index in [9.17, 15) is 9.59 Å². The highest BCUT2D eigenvalue weighted by atomic mass is 16.5. The molecule has 0 aromatic heterocycles. The second-order valence-electron chi connectivity index (χ2n) is 6.40. The Bertz CT molecular complexity index is 767. The van der Waals surface area contributed by atoms with Gasteiger partial charge in [0, 0.05) is 24.0 Å². The summed E-state index contributed by atoms with van der Waals surface area (Å²) in [7, 11) is 0. The van der Waals surface area contributed by atoms with Gasteiger partial charge in [-0.25, -0.2) is 0 Å². The summed E-state index contributed by atoms with van der Waals surface area (Å²) in [6.45, 7) is 1.02. The zero-order chi connectivity index (χ0) is 17.9. The standard InChI is InChI=1S/C20H20N2O4/c23-19(21-15-9-11-25-17-7-3-1-5-13(15)17)20(24)22-16-10-12-26-18-8-4-2-6-14(16)18/h1-8,15-16H,9-12H2,(H,21,23)(H,22,24). The van der Waals surface area contributed by atoms with Crippen LogP contribution < -0.4 is 20.1 Å². The molecule has 0 saturated carbocycles. The van der Waals surface area contributed by atoms with E-state index in [1.165, 1.54) is 0 Å². The van der Waals surface area contributed by atoms with Gasteiger partial charge >= 0.3 is 11.8 Å². The highest BCUT2D eigenvalue weighted by Crippen LogP contribution is 2.32. The van der Waals surface area contributed by atoms with Gasteiger partial charge in [0.1, 0.15) is 11.5 Å². The van der Waals surface area contributed by atoms with Crippen molar-refractivity contribution in [2.24, 2.45) is 0 Å². The van der Waals surface area contributed by atoms with Crippen LogP contribution in [0.3, 0.4) is 0 Å². The lowest BCUT2D eigenvalue weighted by Crippen LogP contribution is -2.44. The first-order chi connectivity index (χ1) is 12.7. The molecule has 0 saturated heterocycles. The fourth-order valence-electron chi connectivity index (χ4n) is 3.43. The Kier molecular flexibility index (Phi) is 4.48. The molecule has 2 amide bonds. The van der Waals surface area contributed by atoms with Crippen molar-refractivity contribution in [1.29, 1.82) is 0 Å². The van der Waals surface area contributed by atoms with Gasteiger partial charge < -0.3 is 20.1 Å². The molecule has 2 aliphatic heterocycles. The molecule has 134 valence electrons. The molecule has 26 heavy (non-hydrogen) atoms. The first-order valence-corrected chi connectivity index (χ1v) is 8.77. The Morgan fingerprint density at radius 3 is 1.62 bits per heavy atom. The predicted octanol–water partition coefficient (Wildman–Crippen LogP) is 2.27. The number of carbonyl (C=O) groups excluding carboxylic acids is 2. The Morgan fingerprint density at radius 1 is 0.731 bits per heavy atom. The van der Waals surface area contributed by atoms with Gasteiger partial charge in [0.25, 0.3) is 0 Å². The van der Waals surface area contributed by atoms with E-state index in [1.807, 2.05) is 48.5 Å². The number of rotatable bonds is 2. The van der Waals surface area contributed by atoms with E-state index in [1.54, 1.807) is 0 Å². The average Bonchev–Trinajstić information content (AvgIpc) is 2.68. The summed E-state index contributed by atoms with van der Waals surface area (Å²) < 4.78 is 11.2. The third-order valence-corrected chi connectivity index (χ3v) is 4.73. The minimum Gasteiger partial charge on any atom is -0.493 e. The van der Waals surface area contributed by atoms with Crippen LogP contribution in [0.5, 0.6) is 11.5 Å². The Labute approximate surface area is 151 Å². The maximum atomic E-state index is 12.4. The van der Waals surface area contributed by atoms with Crippen LogP contribution in [0.2, 0.25) is 0 Å². The molecule has 0 radical (unpaired) electrons. The van der Waals surface area contributed by atoms with Crippen LogP contribution in [0.4, 0.5) is 0 Å². The average molecular weight is 352 g/mol. The van der Waals surface area contributed by atoms with Crippen molar-refractivity contribution in [3.8, 4) is 11.5 Å². The number of para-hydroxylation sites is 2. The van der Waals surface area contributed by atoms with Gasteiger partial charge in [-0.1, -0.05) is 36.4 Å². The van der Waals surface area contributed by atoms with Gasteiger partial charge in [-0.3, -0.25) is 9.59 Å². The van der Waals surface area contributed by atoms with Crippen LogP contribution in [-0.2, 0) is 9.59 Å². The Morgan fingerprint density at radius 2 is 1.15 bits per heavy atom. The van der Waals surface area contributed by atoms with Crippen LogP contribution in [-0.4, -0.2) is 25.0 Å². The lowest BCUT2D eigenvalue weighted by Gasteiger charge is -2.28. The summed E-state index contributed by atoms with van der Waals surface area (Å²) in [5.41, 5.74) is 1.80. The van der Waals surface area contributed by atoms with E-state index in [2.05, 4.69) is 10.6 Å². The van der Waals surface area contributed by atoms with Crippen molar-refractivity contribution < 1.29 is 19.1 Å². The molecule has 6 heteroatoms. The van der Waals surface area contributed by atoms with E-state index in [-0.39, 0.29) is 12.1 Å². The zero-order valence-electron chi connectivity index (χ0n) is 14.2. The molecule has 6 nitrogen and oxygen atoms in total. The smallest absolute Gasteiger partial charge is 0.309 e. The summed E-state index contributed by atoms with van der Waals surface area (Å²) in [5, 5.41) is 5.65. The summed E-state index contributed by atoms with van der Waals surface area (Å²) in [5.74, 6) is 0.247. The van der Waals surface area contributed by atoms with Crippen LogP contribution in [0.25, 0.3) is 0 Å². The first kappa shape index (κ1) is 16.4. The molecular formula is C20H20N2O4. The molecular weight excluding hydrogens is 332 g/mol. The normalized spacial score (nSPS) is 20.6. The van der Waals surface area contributed by atoms with E-state index in [0.717, 1.165) is 22.6 Å². The Hall–Kier alpha value is -3.02. The molecule has 0 spiro atoms. The van der Waals surface area contributed by atoms with Crippen LogP contribution in [0.15, 0.2) is 48.5 Å². The molecule has 2 unspecified atom stereocenters. The minimum absolute atomic E-state index is 0.222. The number of nitrogens with one attached hydrogen (secondary N) is 2. The summed E-state index contributed by atoms with van der Waals surface area (Å²) in [6, 6.07) is 14.7. The third-order valence-electron chi connectivity index (χ3n) is 4.73. The van der Waals surface area contributed by atoms with Crippen molar-refractivity contribution in [1.82, 2.24) is 10.6 Å². The second-order valence-corrected chi connectivity index (χ2v) is 6.40. The van der Waals surface area contributed by atoms with Crippen molar-refractivity contribution >= 4 is 11.8 Å². The van der Waals surface area contributed by atoms with Gasteiger partial charge in [-0.15, -0.1) is 0 Å². The number of hydrogen-bond donors (Lipinski definition) is 2. The molecule has 4 rings (SSSR count). The molecule has 0 bridgehead atoms. The van der Waals surface area contributed by atoms with Crippen LogP contribution in [0.1, 0.15) is 36.1 Å². The lowest BCUT2D eigenvalue weighted by molar-refractivity contribution is -0.140. The highest BCUT2D eigenvalue weighted by Gasteiger charge is 2.28. The SMILES string of the molecule is O=C(NC1CCOc2ccccc21)C(=O)NC1CCOc2ccccc21. The molecule has 2 N–H and O–H groups in total. The van der Waals surface area contributed by atoms with Crippen molar-refractivity contribution in [3.63, 3.8) is 0 Å². The largest absolute Gasteiger partial charge is 0.493 e. The number of ether oxygens (including phenoxy) is 2. The molecule has 2 aliphatic rings. The first-order valence-electron chi connectivity index (χ1n) is 8.77. The number of fused-ring (bicyclic) bond motifs is 2. The fraction of sp³-hybridized carbons (Fsp3) is 0.300. The van der Waals surface area contributed by atoms with E-state index in [4.69, 9.17) is 9.47 Å². The predicted molar refractivity (Wildman–Crippen MR) is 94.9 cm³/mol.